The van der Waals surface area contributed by atoms with Crippen LogP contribution in [0.2, 0.25) is 0 Å². The summed E-state index contributed by atoms with van der Waals surface area (Å²) in [6.45, 7) is 3.58. The van der Waals surface area contributed by atoms with Crippen molar-refractivity contribution in [2.45, 2.75) is 51.6 Å². The van der Waals surface area contributed by atoms with Crippen LogP contribution in [-0.2, 0) is 4.79 Å². The van der Waals surface area contributed by atoms with Crippen molar-refractivity contribution in [3.63, 3.8) is 0 Å². The Kier molecular flexibility index (Phi) is 4.90. The molecule has 0 radical (unpaired) electrons. The molecular weight excluding hydrogens is 242 g/mol. The first kappa shape index (κ1) is 15.5. The summed E-state index contributed by atoms with van der Waals surface area (Å²) in [6, 6.07) is 2.21. The number of carboxylic acids is 1. The average Bonchev–Trinajstić information content (AvgIpc) is 2.24. The molecule has 1 fully saturated rings. The smallest absolute Gasteiger partial charge is 0.328 e. The molecule has 0 aromatic rings. The minimum atomic E-state index is -1.22. The molecule has 1 atom stereocenters. The van der Waals surface area contributed by atoms with Crippen molar-refractivity contribution in [3.8, 4) is 6.07 Å². The maximum Gasteiger partial charge on any atom is 0.328 e. The molecule has 0 saturated heterocycles. The van der Waals surface area contributed by atoms with E-state index in [2.05, 4.69) is 6.07 Å². The summed E-state index contributed by atoms with van der Waals surface area (Å²) in [4.78, 5) is 10.7. The molecule has 104 valence electrons. The van der Waals surface area contributed by atoms with Crippen molar-refractivity contribution >= 4 is 5.97 Å². The van der Waals surface area contributed by atoms with E-state index in [1.54, 1.807) is 19.1 Å². The van der Waals surface area contributed by atoms with Crippen LogP contribution < -0.4 is 0 Å². The number of rotatable bonds is 6. The number of allylic oxidation sites excluding steroid dienone is 2. The van der Waals surface area contributed by atoms with Gasteiger partial charge in [-0.1, -0.05) is 31.9 Å². The highest BCUT2D eigenvalue weighted by Crippen LogP contribution is 2.49. The summed E-state index contributed by atoms with van der Waals surface area (Å²) >= 11 is 0. The van der Waals surface area contributed by atoms with Gasteiger partial charge < -0.3 is 10.2 Å². The monoisotopic (exact) mass is 263 g/mol. The van der Waals surface area contributed by atoms with E-state index in [1.165, 1.54) is 0 Å². The van der Waals surface area contributed by atoms with Gasteiger partial charge in [-0.15, -0.1) is 0 Å². The second kappa shape index (κ2) is 6.03. The third-order valence-electron chi connectivity index (χ3n) is 3.86. The summed E-state index contributed by atoms with van der Waals surface area (Å²) in [7, 11) is 0. The number of aliphatic carboxylic acids is 1. The second-order valence-electron chi connectivity index (χ2n) is 5.34. The van der Waals surface area contributed by atoms with Gasteiger partial charge in [-0.25, -0.2) is 4.79 Å². The van der Waals surface area contributed by atoms with Crippen molar-refractivity contribution in [3.05, 3.63) is 23.8 Å². The number of nitriles is 1. The molecule has 0 spiro atoms. The fourth-order valence-electron chi connectivity index (χ4n) is 2.34. The summed E-state index contributed by atoms with van der Waals surface area (Å²) in [5.41, 5.74) is -1.28. The molecule has 0 bridgehead atoms. The molecule has 0 aromatic heterocycles. The van der Waals surface area contributed by atoms with Crippen LogP contribution in [0.3, 0.4) is 0 Å². The lowest BCUT2D eigenvalue weighted by Crippen LogP contribution is -2.48. The zero-order valence-electron chi connectivity index (χ0n) is 11.5. The predicted molar refractivity (Wildman–Crippen MR) is 72.3 cm³/mol. The minimum Gasteiger partial charge on any atom is -0.478 e. The summed E-state index contributed by atoms with van der Waals surface area (Å²) < 4.78 is 0. The van der Waals surface area contributed by atoms with Crippen LogP contribution in [0, 0.1) is 16.7 Å². The third kappa shape index (κ3) is 3.45. The van der Waals surface area contributed by atoms with Crippen molar-refractivity contribution in [2.24, 2.45) is 5.41 Å². The Morgan fingerprint density at radius 2 is 2.16 bits per heavy atom. The highest BCUT2D eigenvalue weighted by molar-refractivity contribution is 5.81. The van der Waals surface area contributed by atoms with Gasteiger partial charge in [0.1, 0.15) is 0 Å². The first-order chi connectivity index (χ1) is 8.87. The molecule has 0 aliphatic heterocycles. The summed E-state index contributed by atoms with van der Waals surface area (Å²) in [6.07, 6.45) is 8.14. The molecular formula is C15H21NO3. The Hall–Kier alpha value is -1.60. The first-order valence-electron chi connectivity index (χ1n) is 6.63. The molecule has 1 aliphatic rings. The van der Waals surface area contributed by atoms with Crippen LogP contribution in [0.25, 0.3) is 0 Å². The predicted octanol–water partition coefficient (Wildman–Crippen LogP) is 2.80. The number of nitrogens with zero attached hydrogens (tertiary/aromatic N) is 1. The van der Waals surface area contributed by atoms with Gasteiger partial charge in [0, 0.05) is 6.08 Å². The maximum atomic E-state index is 10.7. The summed E-state index contributed by atoms with van der Waals surface area (Å²) in [5, 5.41) is 28.5. The van der Waals surface area contributed by atoms with Crippen molar-refractivity contribution in [1.82, 2.24) is 0 Å². The molecule has 4 nitrogen and oxygen atoms in total. The normalized spacial score (nSPS) is 21.5. The molecule has 0 unspecified atom stereocenters. The van der Waals surface area contributed by atoms with Crippen LogP contribution >= 0.6 is 0 Å². The maximum absolute atomic E-state index is 10.7. The molecule has 1 saturated carbocycles. The largest absolute Gasteiger partial charge is 0.478 e. The number of hydrogen-bond acceptors (Lipinski definition) is 3. The second-order valence-corrected chi connectivity index (χ2v) is 5.34. The molecule has 19 heavy (non-hydrogen) atoms. The van der Waals surface area contributed by atoms with E-state index in [0.29, 0.717) is 24.8 Å². The van der Waals surface area contributed by atoms with Crippen LogP contribution in [0.4, 0.5) is 0 Å². The number of aliphatic hydroxyl groups is 1. The molecule has 0 heterocycles. The standard InChI is InChI=1S/C15H21NO3/c1-3-5-12(10-13(17)18)6-9-14(2,19)15(11-16)7-4-8-15/h6,9-10,19H,3-5,7-8H2,1-2H3,(H,17,18)/b9-6+,12-10-/t14-/m0/s1. The van der Waals surface area contributed by atoms with Gasteiger partial charge in [0.2, 0.25) is 0 Å². The highest BCUT2D eigenvalue weighted by Gasteiger charge is 2.50. The molecule has 0 amide bonds. The lowest BCUT2D eigenvalue weighted by molar-refractivity contribution is -0.131. The Morgan fingerprint density at radius 1 is 1.53 bits per heavy atom. The molecule has 2 N–H and O–H groups in total. The summed E-state index contributed by atoms with van der Waals surface area (Å²) in [5.74, 6) is -0.994. The lowest BCUT2D eigenvalue weighted by atomic mass is 9.60. The van der Waals surface area contributed by atoms with Gasteiger partial charge in [0.05, 0.1) is 17.1 Å². The van der Waals surface area contributed by atoms with E-state index in [1.807, 2.05) is 6.92 Å². The Bertz CT molecular complexity index is 437. The van der Waals surface area contributed by atoms with Crippen molar-refractivity contribution in [1.29, 1.82) is 5.26 Å². The molecule has 0 aromatic carbocycles. The fraction of sp³-hybridized carbons (Fsp3) is 0.600. The van der Waals surface area contributed by atoms with Gasteiger partial charge in [-0.3, -0.25) is 0 Å². The highest BCUT2D eigenvalue weighted by atomic mass is 16.4. The van der Waals surface area contributed by atoms with Crippen LogP contribution in [0.5, 0.6) is 0 Å². The van der Waals surface area contributed by atoms with Crippen LogP contribution in [0.15, 0.2) is 23.8 Å². The molecule has 1 aliphatic carbocycles. The van der Waals surface area contributed by atoms with E-state index in [-0.39, 0.29) is 0 Å². The Morgan fingerprint density at radius 3 is 2.53 bits per heavy atom. The third-order valence-corrected chi connectivity index (χ3v) is 3.86. The number of carboxylic acid groups (broad SMARTS) is 1. The minimum absolute atomic E-state index is 0.637. The first-order valence-corrected chi connectivity index (χ1v) is 6.63. The molecule has 1 rings (SSSR count). The van der Waals surface area contributed by atoms with Crippen molar-refractivity contribution in [2.75, 3.05) is 0 Å². The fourth-order valence-corrected chi connectivity index (χ4v) is 2.34. The van der Waals surface area contributed by atoms with E-state index in [4.69, 9.17) is 5.11 Å². The average molecular weight is 263 g/mol. The quantitative estimate of drug-likeness (QED) is 0.570. The Balaban J connectivity index is 2.89. The van der Waals surface area contributed by atoms with E-state index in [9.17, 15) is 15.2 Å². The van der Waals surface area contributed by atoms with Gasteiger partial charge in [0.15, 0.2) is 0 Å². The molecule has 4 heteroatoms. The van der Waals surface area contributed by atoms with Crippen LogP contribution in [0.1, 0.15) is 46.0 Å². The van der Waals surface area contributed by atoms with Crippen LogP contribution in [-0.4, -0.2) is 21.8 Å². The van der Waals surface area contributed by atoms with E-state index in [0.717, 1.165) is 18.9 Å². The van der Waals surface area contributed by atoms with Gasteiger partial charge >= 0.3 is 5.97 Å². The zero-order valence-corrected chi connectivity index (χ0v) is 11.5. The topological polar surface area (TPSA) is 81.3 Å². The Labute approximate surface area is 114 Å². The van der Waals surface area contributed by atoms with Crippen molar-refractivity contribution < 1.29 is 15.0 Å². The van der Waals surface area contributed by atoms with Gasteiger partial charge in [-0.2, -0.15) is 5.26 Å². The zero-order chi connectivity index (χ0) is 14.5. The number of carbonyl (C=O) groups is 1. The SMILES string of the molecule is CCCC(=C/C(=O)O)/C=C/[C@](C)(O)C1(C#N)CCC1. The van der Waals surface area contributed by atoms with E-state index < -0.39 is 17.0 Å². The lowest BCUT2D eigenvalue weighted by Gasteiger charge is -2.45. The van der Waals surface area contributed by atoms with Gasteiger partial charge in [0.25, 0.3) is 0 Å². The van der Waals surface area contributed by atoms with E-state index >= 15 is 0 Å². The number of hydrogen-bond donors (Lipinski definition) is 2. The van der Waals surface area contributed by atoms with Gasteiger partial charge in [-0.05, 0) is 31.8 Å².